The van der Waals surface area contributed by atoms with Crippen LogP contribution in [0.2, 0.25) is 5.02 Å². The molecule has 1 aromatic heterocycles. The maximum atomic E-state index is 13.2. The molecule has 0 saturated carbocycles. The Kier molecular flexibility index (Phi) is 7.76. The van der Waals surface area contributed by atoms with E-state index in [-0.39, 0.29) is 5.91 Å². The number of fused-ring (bicyclic) bond motifs is 1. The summed E-state index contributed by atoms with van der Waals surface area (Å²) in [5.41, 5.74) is 2.04. The number of halogens is 1. The highest BCUT2D eigenvalue weighted by atomic mass is 35.5. The second-order valence-electron chi connectivity index (χ2n) is 8.16. The Morgan fingerprint density at radius 2 is 1.76 bits per heavy atom. The molecule has 176 valence electrons. The third kappa shape index (κ3) is 5.72. The molecular weight excluding hydrogens is 450 g/mol. The van der Waals surface area contributed by atoms with Crippen molar-refractivity contribution < 1.29 is 18.7 Å². The average Bonchev–Trinajstić information content (AvgIpc) is 3.35. The molecule has 0 unspecified atom stereocenters. The number of benzene rings is 3. The monoisotopic (exact) mass is 477 g/mol. The van der Waals surface area contributed by atoms with Crippen molar-refractivity contribution in [2.75, 3.05) is 13.7 Å². The van der Waals surface area contributed by atoms with E-state index in [1.807, 2.05) is 66.4 Å². The van der Waals surface area contributed by atoms with Crippen molar-refractivity contribution in [3.63, 3.8) is 0 Å². The van der Waals surface area contributed by atoms with Crippen LogP contribution in [0.1, 0.15) is 29.7 Å². The van der Waals surface area contributed by atoms with Gasteiger partial charge in [0.25, 0.3) is 0 Å². The lowest BCUT2D eigenvalue weighted by Gasteiger charge is -2.23. The number of carbonyl (C=O) groups excluding carboxylic acids is 1. The van der Waals surface area contributed by atoms with Crippen molar-refractivity contribution in [1.29, 1.82) is 0 Å². The molecule has 0 atom stereocenters. The van der Waals surface area contributed by atoms with Crippen LogP contribution in [-0.4, -0.2) is 24.5 Å². The second-order valence-corrected chi connectivity index (χ2v) is 8.60. The van der Waals surface area contributed by atoms with Gasteiger partial charge >= 0.3 is 0 Å². The Balaban J connectivity index is 1.46. The van der Waals surface area contributed by atoms with Gasteiger partial charge in [-0.05, 0) is 66.3 Å². The van der Waals surface area contributed by atoms with E-state index < -0.39 is 0 Å². The normalized spacial score (nSPS) is 10.9. The van der Waals surface area contributed by atoms with E-state index in [0.717, 1.165) is 39.2 Å². The van der Waals surface area contributed by atoms with Crippen molar-refractivity contribution in [3.05, 3.63) is 94.9 Å². The van der Waals surface area contributed by atoms with Crippen molar-refractivity contribution in [1.82, 2.24) is 4.90 Å². The molecule has 0 fully saturated rings. The first-order valence-corrected chi connectivity index (χ1v) is 11.7. The minimum absolute atomic E-state index is 0.0488. The van der Waals surface area contributed by atoms with Gasteiger partial charge in [0.2, 0.25) is 5.91 Å². The zero-order chi connectivity index (χ0) is 23.9. The zero-order valence-electron chi connectivity index (χ0n) is 19.4. The van der Waals surface area contributed by atoms with Gasteiger partial charge in [-0.2, -0.15) is 0 Å². The van der Waals surface area contributed by atoms with Crippen LogP contribution in [0.25, 0.3) is 10.8 Å². The molecule has 1 amide bonds. The van der Waals surface area contributed by atoms with Gasteiger partial charge in [0.1, 0.15) is 17.3 Å². The topological polar surface area (TPSA) is 51.9 Å². The summed E-state index contributed by atoms with van der Waals surface area (Å²) in [7, 11) is 1.67. The second kappa shape index (κ2) is 11.1. The third-order valence-corrected chi connectivity index (χ3v) is 6.00. The maximum Gasteiger partial charge on any atom is 0.223 e. The minimum Gasteiger partial charge on any atom is -0.496 e. The number of aryl methyl sites for hydroxylation is 1. The number of rotatable bonds is 10. The molecule has 0 N–H and O–H groups in total. The highest BCUT2D eigenvalue weighted by Crippen LogP contribution is 2.29. The summed E-state index contributed by atoms with van der Waals surface area (Å²) in [6, 6.07) is 21.3. The van der Waals surface area contributed by atoms with Crippen LogP contribution < -0.4 is 9.47 Å². The van der Waals surface area contributed by atoms with Gasteiger partial charge in [-0.3, -0.25) is 4.79 Å². The Labute approximate surface area is 204 Å². The Morgan fingerprint density at radius 3 is 2.50 bits per heavy atom. The van der Waals surface area contributed by atoms with Crippen molar-refractivity contribution in [2.24, 2.45) is 0 Å². The average molecular weight is 478 g/mol. The first kappa shape index (κ1) is 23.7. The highest BCUT2D eigenvalue weighted by Gasteiger charge is 2.18. The Bertz CT molecular complexity index is 1250. The number of hydrogen-bond acceptors (Lipinski definition) is 4. The fourth-order valence-corrected chi connectivity index (χ4v) is 4.24. The molecule has 0 spiro atoms. The lowest BCUT2D eigenvalue weighted by Crippen LogP contribution is -2.30. The molecule has 0 aliphatic rings. The van der Waals surface area contributed by atoms with Crippen LogP contribution in [0.15, 0.2) is 77.4 Å². The quantitative estimate of drug-likeness (QED) is 0.236. The molecule has 1 heterocycles. The van der Waals surface area contributed by atoms with Gasteiger partial charge < -0.3 is 18.8 Å². The minimum atomic E-state index is 0.0488. The summed E-state index contributed by atoms with van der Waals surface area (Å²) in [4.78, 5) is 15.1. The van der Waals surface area contributed by atoms with Gasteiger partial charge in [-0.25, -0.2) is 0 Å². The molecule has 0 bridgehead atoms. The summed E-state index contributed by atoms with van der Waals surface area (Å²) in [6.07, 6.45) is 2.61. The molecular formula is C28H28ClNO4. The van der Waals surface area contributed by atoms with Crippen LogP contribution in [0.5, 0.6) is 11.5 Å². The van der Waals surface area contributed by atoms with Crippen molar-refractivity contribution >= 4 is 28.3 Å². The van der Waals surface area contributed by atoms with Crippen LogP contribution >= 0.6 is 11.6 Å². The van der Waals surface area contributed by atoms with Crippen LogP contribution in [0.3, 0.4) is 0 Å². The van der Waals surface area contributed by atoms with Crippen LogP contribution in [-0.2, 0) is 17.9 Å². The van der Waals surface area contributed by atoms with Crippen molar-refractivity contribution in [2.45, 2.75) is 32.9 Å². The predicted octanol–water partition coefficient (Wildman–Crippen LogP) is 6.79. The molecule has 4 aromatic rings. The van der Waals surface area contributed by atoms with E-state index in [4.69, 9.17) is 25.5 Å². The lowest BCUT2D eigenvalue weighted by atomic mass is 10.0. The largest absolute Gasteiger partial charge is 0.496 e. The van der Waals surface area contributed by atoms with Gasteiger partial charge in [0.05, 0.1) is 26.5 Å². The highest BCUT2D eigenvalue weighted by molar-refractivity contribution is 6.30. The molecule has 6 heteroatoms. The van der Waals surface area contributed by atoms with Gasteiger partial charge in [-0.1, -0.05) is 41.9 Å². The van der Waals surface area contributed by atoms with E-state index in [9.17, 15) is 4.79 Å². The number of hydrogen-bond donors (Lipinski definition) is 0. The zero-order valence-corrected chi connectivity index (χ0v) is 20.2. The molecule has 5 nitrogen and oxygen atoms in total. The first-order valence-electron chi connectivity index (χ1n) is 11.3. The molecule has 0 saturated heterocycles. The molecule has 0 aliphatic carbocycles. The first-order chi connectivity index (χ1) is 16.5. The number of furan rings is 1. The fourth-order valence-electron chi connectivity index (χ4n) is 4.02. The smallest absolute Gasteiger partial charge is 0.223 e. The molecule has 3 aromatic carbocycles. The Morgan fingerprint density at radius 1 is 0.971 bits per heavy atom. The summed E-state index contributed by atoms with van der Waals surface area (Å²) in [6.45, 7) is 3.29. The van der Waals surface area contributed by atoms with Crippen LogP contribution in [0.4, 0.5) is 0 Å². The Hall–Kier alpha value is -3.44. The van der Waals surface area contributed by atoms with E-state index in [1.165, 1.54) is 0 Å². The molecule has 0 aliphatic heterocycles. The van der Waals surface area contributed by atoms with E-state index in [0.29, 0.717) is 37.6 Å². The summed E-state index contributed by atoms with van der Waals surface area (Å²) in [5, 5.41) is 2.78. The van der Waals surface area contributed by atoms with E-state index >= 15 is 0 Å². The maximum absolute atomic E-state index is 13.2. The summed E-state index contributed by atoms with van der Waals surface area (Å²) in [5.74, 6) is 2.40. The summed E-state index contributed by atoms with van der Waals surface area (Å²) < 4.78 is 16.9. The number of nitrogens with zero attached hydrogens (tertiary/aromatic N) is 1. The number of methoxy groups -OCH3 is 1. The number of ether oxygens (including phenoxy) is 2. The van der Waals surface area contributed by atoms with Gasteiger partial charge in [0, 0.05) is 23.4 Å². The molecule has 4 rings (SSSR count). The number of amides is 1. The molecule has 0 radical (unpaired) electrons. The van der Waals surface area contributed by atoms with E-state index in [1.54, 1.807) is 19.4 Å². The fraction of sp³-hybridized carbons (Fsp3) is 0.250. The number of carbonyl (C=O) groups is 1. The SMILES string of the molecule is COc1ccc(CN(Cc2ccco2)C(=O)CCCOc2ccc(Cl)cc2C)c2ccccc12. The standard InChI is InChI=1S/C28H28ClNO4/c1-20-17-22(29)12-14-26(20)34-16-6-10-28(31)30(19-23-7-5-15-33-23)18-21-11-13-27(32-2)25-9-4-3-8-24(21)25/h3-5,7-9,11-15,17H,6,10,16,18-19H2,1-2H3. The summed E-state index contributed by atoms with van der Waals surface area (Å²) >= 11 is 6.01. The lowest BCUT2D eigenvalue weighted by molar-refractivity contribution is -0.132. The van der Waals surface area contributed by atoms with Gasteiger partial charge in [-0.15, -0.1) is 0 Å². The van der Waals surface area contributed by atoms with Crippen LogP contribution in [0, 0.1) is 6.92 Å². The van der Waals surface area contributed by atoms with E-state index in [2.05, 4.69) is 6.07 Å². The third-order valence-electron chi connectivity index (χ3n) is 5.76. The van der Waals surface area contributed by atoms with Crippen molar-refractivity contribution in [3.8, 4) is 11.5 Å². The molecule has 34 heavy (non-hydrogen) atoms. The van der Waals surface area contributed by atoms with Gasteiger partial charge in [0.15, 0.2) is 0 Å². The predicted molar refractivity (Wildman–Crippen MR) is 134 cm³/mol.